The van der Waals surface area contributed by atoms with Gasteiger partial charge in [0.25, 0.3) is 0 Å². The Morgan fingerprint density at radius 2 is 1.90 bits per heavy atom. The predicted octanol–water partition coefficient (Wildman–Crippen LogP) is 3.24. The summed E-state index contributed by atoms with van der Waals surface area (Å²) >= 11 is 2.22. The van der Waals surface area contributed by atoms with Gasteiger partial charge in [0.2, 0.25) is 0 Å². The lowest BCUT2D eigenvalue weighted by molar-refractivity contribution is 0.0472. The first-order chi connectivity index (χ1) is 9.58. The molecule has 4 nitrogen and oxygen atoms in total. The van der Waals surface area contributed by atoms with Crippen molar-refractivity contribution in [2.75, 3.05) is 12.8 Å². The van der Waals surface area contributed by atoms with Crippen LogP contribution in [0.3, 0.4) is 0 Å². The molecular weight excluding hydrogens is 369 g/mol. The molecule has 0 bridgehead atoms. The highest BCUT2D eigenvalue weighted by molar-refractivity contribution is 14.1. The average Bonchev–Trinajstić information content (AvgIpc) is 2.45. The lowest BCUT2D eigenvalue weighted by atomic mass is 10.2. The number of rotatable bonds is 4. The lowest BCUT2D eigenvalue weighted by Crippen LogP contribution is -2.06. The normalized spacial score (nSPS) is 10.1. The molecule has 2 rings (SSSR count). The highest BCUT2D eigenvalue weighted by Crippen LogP contribution is 2.19. The third kappa shape index (κ3) is 3.86. The first kappa shape index (κ1) is 14.6. The van der Waals surface area contributed by atoms with Gasteiger partial charge in [-0.15, -0.1) is 0 Å². The summed E-state index contributed by atoms with van der Waals surface area (Å²) in [6, 6.07) is 12.6. The van der Waals surface area contributed by atoms with E-state index >= 15 is 0 Å². The van der Waals surface area contributed by atoms with E-state index in [-0.39, 0.29) is 6.61 Å². The van der Waals surface area contributed by atoms with Gasteiger partial charge in [-0.25, -0.2) is 4.79 Å². The molecule has 0 atom stereocenters. The van der Waals surface area contributed by atoms with Crippen molar-refractivity contribution in [2.24, 2.45) is 0 Å². The maximum atomic E-state index is 12.0. The number of carbonyl (C=O) groups is 1. The summed E-state index contributed by atoms with van der Waals surface area (Å²) in [5, 5.41) is 0. The number of nitrogens with two attached hydrogens (primary N) is 1. The van der Waals surface area contributed by atoms with Crippen molar-refractivity contribution in [2.45, 2.75) is 6.61 Å². The van der Waals surface area contributed by atoms with Crippen LogP contribution in [0.5, 0.6) is 5.75 Å². The smallest absolute Gasteiger partial charge is 0.338 e. The maximum absolute atomic E-state index is 12.0. The summed E-state index contributed by atoms with van der Waals surface area (Å²) in [4.78, 5) is 12.0. The summed E-state index contributed by atoms with van der Waals surface area (Å²) < 4.78 is 11.5. The Labute approximate surface area is 131 Å². The maximum Gasteiger partial charge on any atom is 0.338 e. The Morgan fingerprint density at radius 1 is 1.20 bits per heavy atom. The number of benzene rings is 2. The Morgan fingerprint density at radius 3 is 2.55 bits per heavy atom. The number of hydrogen-bond donors (Lipinski definition) is 1. The molecule has 0 aliphatic heterocycles. The minimum absolute atomic E-state index is 0.229. The third-order valence-electron chi connectivity index (χ3n) is 2.68. The van der Waals surface area contributed by atoms with E-state index in [9.17, 15) is 4.79 Å². The quantitative estimate of drug-likeness (QED) is 0.500. The zero-order chi connectivity index (χ0) is 14.5. The molecule has 20 heavy (non-hydrogen) atoms. The molecular formula is C15H14INO3. The van der Waals surface area contributed by atoms with Crippen molar-refractivity contribution < 1.29 is 14.3 Å². The van der Waals surface area contributed by atoms with Gasteiger partial charge in [-0.1, -0.05) is 12.1 Å². The summed E-state index contributed by atoms with van der Waals surface area (Å²) in [5.41, 5.74) is 7.49. The number of halogens is 1. The predicted molar refractivity (Wildman–Crippen MR) is 85.7 cm³/mol. The van der Waals surface area contributed by atoms with E-state index in [1.54, 1.807) is 18.2 Å². The Bertz CT molecular complexity index is 611. The van der Waals surface area contributed by atoms with Crippen LogP contribution < -0.4 is 10.5 Å². The van der Waals surface area contributed by atoms with Crippen LogP contribution in [0.4, 0.5) is 5.69 Å². The van der Waals surface area contributed by atoms with Crippen molar-refractivity contribution >= 4 is 34.2 Å². The zero-order valence-corrected chi connectivity index (χ0v) is 13.1. The number of ether oxygens (including phenoxy) is 2. The van der Waals surface area contributed by atoms with Crippen LogP contribution in [-0.2, 0) is 11.3 Å². The zero-order valence-electron chi connectivity index (χ0n) is 10.9. The van der Waals surface area contributed by atoms with Crippen LogP contribution in [0.15, 0.2) is 42.5 Å². The van der Waals surface area contributed by atoms with Crippen molar-refractivity contribution in [3.05, 3.63) is 57.2 Å². The Balaban J connectivity index is 2.04. The number of methoxy groups -OCH3 is 1. The van der Waals surface area contributed by atoms with Crippen molar-refractivity contribution in [1.82, 2.24) is 0 Å². The first-order valence-corrected chi connectivity index (χ1v) is 7.02. The summed E-state index contributed by atoms with van der Waals surface area (Å²) in [6.45, 7) is 0.229. The standard InChI is InChI=1S/C15H14INO3/c1-19-14-7-11(6-13(17)8-14)15(18)20-9-10-2-4-12(16)5-3-10/h2-8H,9,17H2,1H3. The molecule has 2 aromatic carbocycles. The molecule has 0 aliphatic rings. The summed E-state index contributed by atoms with van der Waals surface area (Å²) in [7, 11) is 1.52. The lowest BCUT2D eigenvalue weighted by Gasteiger charge is -2.08. The SMILES string of the molecule is COc1cc(N)cc(C(=O)OCc2ccc(I)cc2)c1. The number of esters is 1. The molecule has 2 N–H and O–H groups in total. The van der Waals surface area contributed by atoms with E-state index in [4.69, 9.17) is 15.2 Å². The monoisotopic (exact) mass is 383 g/mol. The summed E-state index contributed by atoms with van der Waals surface area (Å²) in [5.74, 6) is 0.111. The molecule has 0 fully saturated rings. The van der Waals surface area contributed by atoms with Gasteiger partial charge in [0, 0.05) is 15.3 Å². The van der Waals surface area contributed by atoms with Crippen LogP contribution in [0.2, 0.25) is 0 Å². The number of nitrogen functional groups attached to an aromatic ring is 1. The largest absolute Gasteiger partial charge is 0.497 e. The highest BCUT2D eigenvalue weighted by Gasteiger charge is 2.10. The van der Waals surface area contributed by atoms with Crippen LogP contribution in [0, 0.1) is 3.57 Å². The van der Waals surface area contributed by atoms with E-state index in [2.05, 4.69) is 22.6 Å². The molecule has 5 heteroatoms. The number of anilines is 1. The van der Waals surface area contributed by atoms with Gasteiger partial charge in [-0.2, -0.15) is 0 Å². The molecule has 0 aromatic heterocycles. The molecule has 0 spiro atoms. The van der Waals surface area contributed by atoms with Crippen LogP contribution in [0.25, 0.3) is 0 Å². The summed E-state index contributed by atoms with van der Waals surface area (Å²) in [6.07, 6.45) is 0. The molecule has 2 aromatic rings. The minimum atomic E-state index is -0.422. The molecule has 0 amide bonds. The van der Waals surface area contributed by atoms with Crippen LogP contribution in [0.1, 0.15) is 15.9 Å². The molecule has 0 saturated heterocycles. The average molecular weight is 383 g/mol. The van der Waals surface area contributed by atoms with Gasteiger partial charge in [-0.05, 0) is 52.4 Å². The first-order valence-electron chi connectivity index (χ1n) is 5.94. The second kappa shape index (κ2) is 6.60. The molecule has 0 heterocycles. The fourth-order valence-corrected chi connectivity index (χ4v) is 2.03. The van der Waals surface area contributed by atoms with Gasteiger partial charge in [-0.3, -0.25) is 0 Å². The topological polar surface area (TPSA) is 61.5 Å². The van der Waals surface area contributed by atoms with E-state index in [1.165, 1.54) is 7.11 Å². The second-order valence-electron chi connectivity index (χ2n) is 4.20. The molecule has 0 aliphatic carbocycles. The van der Waals surface area contributed by atoms with Crippen LogP contribution in [-0.4, -0.2) is 13.1 Å². The van der Waals surface area contributed by atoms with E-state index in [0.717, 1.165) is 9.13 Å². The van der Waals surface area contributed by atoms with E-state index < -0.39 is 5.97 Å². The van der Waals surface area contributed by atoms with Crippen molar-refractivity contribution in [3.8, 4) is 5.75 Å². The Kier molecular flexibility index (Phi) is 4.84. The third-order valence-corrected chi connectivity index (χ3v) is 3.40. The van der Waals surface area contributed by atoms with Crippen LogP contribution >= 0.6 is 22.6 Å². The van der Waals surface area contributed by atoms with E-state index in [0.29, 0.717) is 17.0 Å². The highest BCUT2D eigenvalue weighted by atomic mass is 127. The van der Waals surface area contributed by atoms with Gasteiger partial charge in [0.15, 0.2) is 0 Å². The number of carbonyl (C=O) groups excluding carboxylic acids is 1. The molecule has 104 valence electrons. The van der Waals surface area contributed by atoms with Gasteiger partial charge < -0.3 is 15.2 Å². The van der Waals surface area contributed by atoms with Gasteiger partial charge in [0.05, 0.1) is 12.7 Å². The van der Waals surface area contributed by atoms with E-state index in [1.807, 2.05) is 24.3 Å². The fraction of sp³-hybridized carbons (Fsp3) is 0.133. The minimum Gasteiger partial charge on any atom is -0.497 e. The molecule has 0 radical (unpaired) electrons. The molecule has 0 unspecified atom stereocenters. The fourth-order valence-electron chi connectivity index (χ4n) is 1.67. The van der Waals surface area contributed by atoms with Gasteiger partial charge >= 0.3 is 5.97 Å². The van der Waals surface area contributed by atoms with Crippen molar-refractivity contribution in [1.29, 1.82) is 0 Å². The number of hydrogen-bond acceptors (Lipinski definition) is 4. The van der Waals surface area contributed by atoms with Gasteiger partial charge in [0.1, 0.15) is 12.4 Å². The Hall–Kier alpha value is -1.76. The second-order valence-corrected chi connectivity index (χ2v) is 5.44. The van der Waals surface area contributed by atoms with Crippen molar-refractivity contribution in [3.63, 3.8) is 0 Å². The molecule has 0 saturated carbocycles.